The van der Waals surface area contributed by atoms with Crippen molar-refractivity contribution in [3.8, 4) is 0 Å². The highest BCUT2D eigenvalue weighted by molar-refractivity contribution is 7.87. The summed E-state index contributed by atoms with van der Waals surface area (Å²) >= 11 is 0. The minimum absolute atomic E-state index is 0.202. The quantitative estimate of drug-likeness (QED) is 0.727. The Morgan fingerprint density at radius 2 is 2.24 bits per heavy atom. The van der Waals surface area contributed by atoms with E-state index in [-0.39, 0.29) is 11.9 Å². The standard InChI is InChI=1S/C15H27N5O4S/c1-6-20-8-12(11(3)17-20)13-7-14(19(4)25(22,23)18-13)15(21)16-10(2)9-24-5/h8,10,13-14,18H,6-7,9H2,1-5H3,(H,16,21). The van der Waals surface area contributed by atoms with Crippen molar-refractivity contribution in [1.29, 1.82) is 0 Å². The normalized spacial score (nSPS) is 24.8. The molecule has 0 spiro atoms. The Kier molecular flexibility index (Phi) is 6.20. The van der Waals surface area contributed by atoms with Crippen LogP contribution in [0, 0.1) is 6.92 Å². The maximum Gasteiger partial charge on any atom is 0.280 e. The molecule has 0 bridgehead atoms. The maximum absolute atomic E-state index is 12.6. The summed E-state index contributed by atoms with van der Waals surface area (Å²) < 4.78 is 35.4. The summed E-state index contributed by atoms with van der Waals surface area (Å²) in [6.45, 7) is 6.66. The van der Waals surface area contributed by atoms with Crippen LogP contribution in [0.5, 0.6) is 0 Å². The highest BCUT2D eigenvalue weighted by Crippen LogP contribution is 2.29. The molecular weight excluding hydrogens is 346 g/mol. The molecule has 9 nitrogen and oxygen atoms in total. The molecule has 25 heavy (non-hydrogen) atoms. The molecule has 1 saturated heterocycles. The average molecular weight is 373 g/mol. The molecule has 1 amide bonds. The second kappa shape index (κ2) is 7.81. The fourth-order valence-electron chi connectivity index (χ4n) is 2.98. The number of nitrogens with zero attached hydrogens (tertiary/aromatic N) is 3. The summed E-state index contributed by atoms with van der Waals surface area (Å²) in [7, 11) is -0.803. The molecule has 1 aromatic heterocycles. The van der Waals surface area contributed by atoms with Crippen LogP contribution in [0.25, 0.3) is 0 Å². The van der Waals surface area contributed by atoms with Crippen LogP contribution < -0.4 is 10.0 Å². The predicted molar refractivity (Wildman–Crippen MR) is 93.1 cm³/mol. The fraction of sp³-hybridized carbons (Fsp3) is 0.733. The highest BCUT2D eigenvalue weighted by Gasteiger charge is 2.41. The van der Waals surface area contributed by atoms with E-state index in [1.807, 2.05) is 27.0 Å². The Hall–Kier alpha value is -1.49. The molecule has 0 aromatic carbocycles. The number of carbonyl (C=O) groups excluding carboxylic acids is 1. The van der Waals surface area contributed by atoms with Gasteiger partial charge in [0.25, 0.3) is 10.2 Å². The molecule has 3 unspecified atom stereocenters. The third-order valence-electron chi connectivity index (χ3n) is 4.36. The summed E-state index contributed by atoms with van der Waals surface area (Å²) in [6, 6.07) is -1.48. The van der Waals surface area contributed by atoms with E-state index in [1.165, 1.54) is 7.05 Å². The summed E-state index contributed by atoms with van der Waals surface area (Å²) in [5.74, 6) is -0.331. The van der Waals surface area contributed by atoms with Crippen molar-refractivity contribution in [3.63, 3.8) is 0 Å². The number of hydrogen-bond acceptors (Lipinski definition) is 5. The Labute approximate surface area is 148 Å². The van der Waals surface area contributed by atoms with E-state index in [9.17, 15) is 13.2 Å². The number of ether oxygens (including phenoxy) is 1. The van der Waals surface area contributed by atoms with Gasteiger partial charge in [-0.1, -0.05) is 0 Å². The number of likely N-dealkylation sites (N-methyl/N-ethyl adjacent to an activating group) is 1. The van der Waals surface area contributed by atoms with Crippen molar-refractivity contribution in [2.45, 2.75) is 51.9 Å². The van der Waals surface area contributed by atoms with Gasteiger partial charge in [-0.2, -0.15) is 22.5 Å². The molecular formula is C15H27N5O4S. The van der Waals surface area contributed by atoms with Gasteiger partial charge in [-0.3, -0.25) is 9.48 Å². The smallest absolute Gasteiger partial charge is 0.280 e. The third kappa shape index (κ3) is 4.38. The van der Waals surface area contributed by atoms with Crippen LogP contribution in [0.1, 0.15) is 37.6 Å². The van der Waals surface area contributed by atoms with Gasteiger partial charge in [0, 0.05) is 38.5 Å². The van der Waals surface area contributed by atoms with Gasteiger partial charge in [-0.15, -0.1) is 0 Å². The maximum atomic E-state index is 12.6. The van der Waals surface area contributed by atoms with E-state index in [4.69, 9.17) is 4.74 Å². The molecule has 10 heteroatoms. The van der Waals surface area contributed by atoms with Gasteiger partial charge in [0.05, 0.1) is 18.3 Å². The van der Waals surface area contributed by atoms with Crippen molar-refractivity contribution in [3.05, 3.63) is 17.5 Å². The van der Waals surface area contributed by atoms with Crippen molar-refractivity contribution in [2.24, 2.45) is 0 Å². The average Bonchev–Trinajstić information content (AvgIpc) is 2.91. The van der Waals surface area contributed by atoms with E-state index in [2.05, 4.69) is 15.1 Å². The first-order valence-corrected chi connectivity index (χ1v) is 9.72. The Bertz CT molecular complexity index is 718. The predicted octanol–water partition coefficient (Wildman–Crippen LogP) is -0.0579. The summed E-state index contributed by atoms with van der Waals surface area (Å²) in [4.78, 5) is 12.6. The zero-order valence-corrected chi connectivity index (χ0v) is 16.1. The highest BCUT2D eigenvalue weighted by atomic mass is 32.2. The van der Waals surface area contributed by atoms with Gasteiger partial charge in [-0.05, 0) is 27.2 Å². The monoisotopic (exact) mass is 373 g/mol. The van der Waals surface area contributed by atoms with Crippen LogP contribution in [0.3, 0.4) is 0 Å². The number of amides is 1. The Balaban J connectivity index is 2.25. The Morgan fingerprint density at radius 1 is 1.56 bits per heavy atom. The van der Waals surface area contributed by atoms with E-state index in [0.29, 0.717) is 19.6 Å². The van der Waals surface area contributed by atoms with E-state index >= 15 is 0 Å². The van der Waals surface area contributed by atoms with Crippen LogP contribution >= 0.6 is 0 Å². The molecule has 0 saturated carbocycles. The Morgan fingerprint density at radius 3 is 2.80 bits per heavy atom. The second-order valence-electron chi connectivity index (χ2n) is 6.33. The lowest BCUT2D eigenvalue weighted by Gasteiger charge is -2.36. The van der Waals surface area contributed by atoms with Gasteiger partial charge >= 0.3 is 0 Å². The van der Waals surface area contributed by atoms with Gasteiger partial charge in [0.2, 0.25) is 5.91 Å². The van der Waals surface area contributed by atoms with Crippen molar-refractivity contribution >= 4 is 16.1 Å². The minimum atomic E-state index is -3.76. The molecule has 3 atom stereocenters. The first-order chi connectivity index (χ1) is 11.7. The molecule has 1 fully saturated rings. The van der Waals surface area contributed by atoms with Gasteiger partial charge in [-0.25, -0.2) is 0 Å². The number of aromatic nitrogens is 2. The molecule has 142 valence electrons. The van der Waals surface area contributed by atoms with Gasteiger partial charge in [0.1, 0.15) is 6.04 Å². The molecule has 1 aliphatic rings. The minimum Gasteiger partial charge on any atom is -0.383 e. The van der Waals surface area contributed by atoms with Crippen molar-refractivity contribution in [2.75, 3.05) is 20.8 Å². The molecule has 2 N–H and O–H groups in total. The molecule has 1 aliphatic heterocycles. The van der Waals surface area contributed by atoms with Crippen LogP contribution in [0.2, 0.25) is 0 Å². The van der Waals surface area contributed by atoms with E-state index < -0.39 is 22.3 Å². The zero-order valence-electron chi connectivity index (χ0n) is 15.3. The van der Waals surface area contributed by atoms with E-state index in [0.717, 1.165) is 15.6 Å². The number of nitrogens with one attached hydrogen (secondary N) is 2. The molecule has 1 aromatic rings. The lowest BCUT2D eigenvalue weighted by Crippen LogP contribution is -2.58. The summed E-state index contributed by atoms with van der Waals surface area (Å²) in [5.41, 5.74) is 1.55. The number of methoxy groups -OCH3 is 1. The molecule has 0 aliphatic carbocycles. The summed E-state index contributed by atoms with van der Waals surface area (Å²) in [5, 5.41) is 7.17. The lowest BCUT2D eigenvalue weighted by molar-refractivity contribution is -0.126. The van der Waals surface area contributed by atoms with Gasteiger partial charge in [0.15, 0.2) is 0 Å². The lowest BCUT2D eigenvalue weighted by atomic mass is 10.00. The largest absolute Gasteiger partial charge is 0.383 e. The fourth-order valence-corrected chi connectivity index (χ4v) is 4.25. The van der Waals surface area contributed by atoms with Gasteiger partial charge < -0.3 is 10.1 Å². The van der Waals surface area contributed by atoms with Crippen LogP contribution in [-0.4, -0.2) is 61.3 Å². The first kappa shape index (κ1) is 19.8. The SMILES string of the molecule is CCn1cc(C2CC(C(=O)NC(C)COC)N(C)S(=O)(=O)N2)c(C)n1. The van der Waals surface area contributed by atoms with Crippen molar-refractivity contribution in [1.82, 2.24) is 24.1 Å². The zero-order chi connectivity index (χ0) is 18.8. The summed E-state index contributed by atoms with van der Waals surface area (Å²) in [6.07, 6.45) is 2.16. The van der Waals surface area contributed by atoms with Crippen LogP contribution in [0.15, 0.2) is 6.20 Å². The molecule has 2 rings (SSSR count). The number of hydrogen-bond donors (Lipinski definition) is 2. The third-order valence-corrected chi connectivity index (χ3v) is 5.96. The molecule has 2 heterocycles. The molecule has 0 radical (unpaired) electrons. The van der Waals surface area contributed by atoms with Crippen molar-refractivity contribution < 1.29 is 17.9 Å². The van der Waals surface area contributed by atoms with E-state index in [1.54, 1.807) is 11.8 Å². The number of carbonyl (C=O) groups is 1. The van der Waals surface area contributed by atoms with Crippen LogP contribution in [-0.2, 0) is 26.3 Å². The van der Waals surface area contributed by atoms with Crippen LogP contribution in [0.4, 0.5) is 0 Å². The number of rotatable bonds is 6. The second-order valence-corrected chi connectivity index (χ2v) is 8.10. The topological polar surface area (TPSA) is 106 Å². The first-order valence-electron chi connectivity index (χ1n) is 8.28. The number of aryl methyl sites for hydroxylation is 2.